The third-order valence-corrected chi connectivity index (χ3v) is 6.85. The van der Waals surface area contributed by atoms with Crippen molar-refractivity contribution >= 4 is 33.3 Å². The van der Waals surface area contributed by atoms with Crippen LogP contribution in [0.3, 0.4) is 0 Å². The maximum atomic E-state index is 12.7. The topological polar surface area (TPSA) is 115 Å². The number of carboxylic acids is 1. The Hall–Kier alpha value is -2.87. The Labute approximate surface area is 176 Å². The van der Waals surface area contributed by atoms with Crippen molar-refractivity contribution in [3.05, 3.63) is 53.6 Å². The monoisotopic (exact) mass is 429 g/mol. The summed E-state index contributed by atoms with van der Waals surface area (Å²) < 4.78 is 27.9. The molecule has 0 spiro atoms. The Morgan fingerprint density at radius 1 is 0.967 bits per heavy atom. The van der Waals surface area contributed by atoms with E-state index in [1.807, 2.05) is 26.0 Å². The molecule has 1 amide bonds. The minimum Gasteiger partial charge on any atom is -0.550 e. The van der Waals surface area contributed by atoms with Crippen LogP contribution in [-0.4, -0.2) is 20.3 Å². The molecule has 2 N–H and O–H groups in total. The van der Waals surface area contributed by atoms with Crippen LogP contribution in [0.15, 0.2) is 47.4 Å². The summed E-state index contributed by atoms with van der Waals surface area (Å²) in [5.41, 5.74) is 2.77. The molecule has 1 saturated carbocycles. The molecule has 1 fully saturated rings. The molecule has 1 aliphatic carbocycles. The summed E-state index contributed by atoms with van der Waals surface area (Å²) in [5.74, 6) is -3.01. The first-order chi connectivity index (χ1) is 14.2. The number of carbonyl (C=O) groups excluding carboxylic acids is 2. The van der Waals surface area contributed by atoms with Crippen LogP contribution in [0.2, 0.25) is 0 Å². The van der Waals surface area contributed by atoms with Crippen molar-refractivity contribution in [1.82, 2.24) is 0 Å². The molecule has 7 nitrogen and oxygen atoms in total. The van der Waals surface area contributed by atoms with E-state index < -0.39 is 27.8 Å². The maximum absolute atomic E-state index is 12.7. The highest BCUT2D eigenvalue weighted by atomic mass is 32.2. The number of carbonyl (C=O) groups is 2. The molecule has 0 radical (unpaired) electrons. The third-order valence-electron chi connectivity index (χ3n) is 5.46. The number of hydrogen-bond acceptors (Lipinski definition) is 5. The van der Waals surface area contributed by atoms with Gasteiger partial charge in [0.2, 0.25) is 5.91 Å². The van der Waals surface area contributed by atoms with E-state index in [9.17, 15) is 23.1 Å². The van der Waals surface area contributed by atoms with Gasteiger partial charge in [0.05, 0.1) is 10.6 Å². The van der Waals surface area contributed by atoms with Gasteiger partial charge in [-0.3, -0.25) is 9.52 Å². The number of sulfonamides is 1. The minimum absolute atomic E-state index is 0.0609. The standard InChI is InChI=1S/C22H26N2O5S/c1-14-7-12-20(15(2)13-14)24-30(28,29)17-10-8-16(9-11-17)23-21(25)18-5-3-4-6-19(18)22(26)27/h7-13,18-19,24H,3-6H2,1-2H3,(H,23,25)(H,26,27)/p-1/t18-,19+/m1/s1. The molecule has 1 aliphatic rings. The average molecular weight is 430 g/mol. The predicted molar refractivity (Wildman–Crippen MR) is 112 cm³/mol. The Morgan fingerprint density at radius 3 is 2.20 bits per heavy atom. The number of carboxylic acid groups (broad SMARTS) is 1. The highest BCUT2D eigenvalue weighted by Crippen LogP contribution is 2.31. The van der Waals surface area contributed by atoms with Crippen LogP contribution in [0, 0.1) is 25.7 Å². The van der Waals surface area contributed by atoms with E-state index in [0.29, 0.717) is 24.2 Å². The zero-order valence-electron chi connectivity index (χ0n) is 17.0. The smallest absolute Gasteiger partial charge is 0.261 e. The summed E-state index contributed by atoms with van der Waals surface area (Å²) in [5, 5.41) is 14.0. The lowest BCUT2D eigenvalue weighted by atomic mass is 9.78. The zero-order chi connectivity index (χ0) is 21.9. The Kier molecular flexibility index (Phi) is 6.45. The van der Waals surface area contributed by atoms with Gasteiger partial charge in [0.1, 0.15) is 0 Å². The number of amides is 1. The molecule has 3 rings (SSSR count). The van der Waals surface area contributed by atoms with Crippen LogP contribution in [0.4, 0.5) is 11.4 Å². The van der Waals surface area contributed by atoms with Gasteiger partial charge in [-0.15, -0.1) is 0 Å². The quantitative estimate of drug-likeness (QED) is 0.732. The number of benzene rings is 2. The second-order valence-electron chi connectivity index (χ2n) is 7.75. The molecule has 2 atom stereocenters. The van der Waals surface area contributed by atoms with Crippen LogP contribution in [-0.2, 0) is 19.6 Å². The van der Waals surface area contributed by atoms with Gasteiger partial charge in [-0.05, 0) is 62.6 Å². The van der Waals surface area contributed by atoms with Crippen molar-refractivity contribution in [3.8, 4) is 0 Å². The van der Waals surface area contributed by atoms with E-state index in [0.717, 1.165) is 24.0 Å². The van der Waals surface area contributed by atoms with E-state index in [4.69, 9.17) is 0 Å². The van der Waals surface area contributed by atoms with Gasteiger partial charge in [0.15, 0.2) is 0 Å². The lowest BCUT2D eigenvalue weighted by Gasteiger charge is -2.31. The molecule has 0 bridgehead atoms. The summed E-state index contributed by atoms with van der Waals surface area (Å²) in [6.45, 7) is 3.76. The van der Waals surface area contributed by atoms with Crippen LogP contribution < -0.4 is 15.1 Å². The summed E-state index contributed by atoms with van der Waals surface area (Å²) >= 11 is 0. The van der Waals surface area contributed by atoms with E-state index in [1.165, 1.54) is 24.3 Å². The number of rotatable bonds is 6. The number of aliphatic carboxylic acids is 1. The van der Waals surface area contributed by atoms with E-state index in [-0.39, 0.29) is 10.8 Å². The van der Waals surface area contributed by atoms with E-state index in [1.54, 1.807) is 6.07 Å². The van der Waals surface area contributed by atoms with Crippen LogP contribution in [0.25, 0.3) is 0 Å². The first-order valence-corrected chi connectivity index (χ1v) is 11.4. The highest BCUT2D eigenvalue weighted by Gasteiger charge is 2.31. The van der Waals surface area contributed by atoms with Crippen LogP contribution >= 0.6 is 0 Å². The van der Waals surface area contributed by atoms with Crippen molar-refractivity contribution in [2.24, 2.45) is 11.8 Å². The molecule has 0 aliphatic heterocycles. The summed E-state index contributed by atoms with van der Waals surface area (Å²) in [7, 11) is -3.78. The molecular weight excluding hydrogens is 404 g/mol. The van der Waals surface area contributed by atoms with Gasteiger partial charge in [0.25, 0.3) is 10.0 Å². The molecule has 8 heteroatoms. The molecule has 0 aromatic heterocycles. The normalized spacial score (nSPS) is 19.1. The molecule has 30 heavy (non-hydrogen) atoms. The summed E-state index contributed by atoms with van der Waals surface area (Å²) in [4.78, 5) is 23.9. The fourth-order valence-corrected chi connectivity index (χ4v) is 4.94. The lowest BCUT2D eigenvalue weighted by molar-refractivity contribution is -0.313. The van der Waals surface area contributed by atoms with Crippen molar-refractivity contribution in [2.45, 2.75) is 44.4 Å². The summed E-state index contributed by atoms with van der Waals surface area (Å²) in [6.07, 6.45) is 2.49. The van der Waals surface area contributed by atoms with Crippen LogP contribution in [0.1, 0.15) is 36.8 Å². The third kappa shape index (κ3) is 4.99. The van der Waals surface area contributed by atoms with Crippen molar-refractivity contribution in [1.29, 1.82) is 0 Å². The molecule has 0 unspecified atom stereocenters. The number of nitrogens with one attached hydrogen (secondary N) is 2. The van der Waals surface area contributed by atoms with E-state index in [2.05, 4.69) is 10.0 Å². The molecule has 0 saturated heterocycles. The fraction of sp³-hybridized carbons (Fsp3) is 0.364. The number of anilines is 2. The van der Waals surface area contributed by atoms with Crippen molar-refractivity contribution in [2.75, 3.05) is 10.0 Å². The lowest BCUT2D eigenvalue weighted by Crippen LogP contribution is -2.42. The first-order valence-electron chi connectivity index (χ1n) is 9.89. The molecule has 160 valence electrons. The van der Waals surface area contributed by atoms with Gasteiger partial charge in [-0.1, -0.05) is 30.5 Å². The van der Waals surface area contributed by atoms with Crippen molar-refractivity contribution < 1.29 is 23.1 Å². The molecule has 2 aromatic carbocycles. The second kappa shape index (κ2) is 8.87. The minimum atomic E-state index is -3.78. The second-order valence-corrected chi connectivity index (χ2v) is 9.44. The SMILES string of the molecule is Cc1ccc(NS(=O)(=O)c2ccc(NC(=O)[C@@H]3CCCC[C@@H]3C(=O)[O-])cc2)c(C)c1. The number of aryl methyl sites for hydroxylation is 2. The largest absolute Gasteiger partial charge is 0.550 e. The van der Waals surface area contributed by atoms with Crippen LogP contribution in [0.5, 0.6) is 0 Å². The van der Waals surface area contributed by atoms with Gasteiger partial charge in [-0.25, -0.2) is 8.42 Å². The van der Waals surface area contributed by atoms with Gasteiger partial charge in [0, 0.05) is 23.5 Å². The summed E-state index contributed by atoms with van der Waals surface area (Å²) in [6, 6.07) is 11.2. The fourth-order valence-electron chi connectivity index (χ4n) is 3.81. The molecular formula is C22H25N2O5S-. The van der Waals surface area contributed by atoms with Gasteiger partial charge < -0.3 is 15.2 Å². The zero-order valence-corrected chi connectivity index (χ0v) is 17.8. The maximum Gasteiger partial charge on any atom is 0.261 e. The Morgan fingerprint density at radius 2 is 1.60 bits per heavy atom. The average Bonchev–Trinajstić information content (AvgIpc) is 2.70. The first kappa shape index (κ1) is 21.8. The van der Waals surface area contributed by atoms with Crippen molar-refractivity contribution in [3.63, 3.8) is 0 Å². The highest BCUT2D eigenvalue weighted by molar-refractivity contribution is 7.92. The van der Waals surface area contributed by atoms with Gasteiger partial charge in [-0.2, -0.15) is 0 Å². The predicted octanol–water partition coefficient (Wildman–Crippen LogP) is 2.60. The Balaban J connectivity index is 1.71. The van der Waals surface area contributed by atoms with Gasteiger partial charge >= 0.3 is 0 Å². The Bertz CT molecular complexity index is 1050. The molecule has 0 heterocycles. The number of hydrogen-bond donors (Lipinski definition) is 2. The van der Waals surface area contributed by atoms with E-state index >= 15 is 0 Å². The molecule has 2 aromatic rings.